The molecule has 2 aliphatic rings. The number of allylic oxidation sites excluding steroid dienone is 3. The predicted octanol–water partition coefficient (Wildman–Crippen LogP) is 5.66. The lowest BCUT2D eigenvalue weighted by Gasteiger charge is -2.27. The average Bonchev–Trinajstić information content (AvgIpc) is 3.23. The third-order valence-corrected chi connectivity index (χ3v) is 6.45. The van der Waals surface area contributed by atoms with Gasteiger partial charge in [0.2, 0.25) is 0 Å². The summed E-state index contributed by atoms with van der Waals surface area (Å²) in [6.45, 7) is 9.30. The molecule has 2 aromatic heterocycles. The maximum atomic E-state index is 4.56. The molecule has 0 saturated carbocycles. The summed E-state index contributed by atoms with van der Waals surface area (Å²) >= 11 is 0. The zero-order chi connectivity index (χ0) is 22.9. The van der Waals surface area contributed by atoms with Crippen molar-refractivity contribution >= 4 is 28.6 Å². The van der Waals surface area contributed by atoms with Gasteiger partial charge in [-0.3, -0.25) is 14.9 Å². The second-order valence-corrected chi connectivity index (χ2v) is 9.90. The Hall–Kier alpha value is -3.38. The van der Waals surface area contributed by atoms with E-state index in [0.29, 0.717) is 0 Å². The lowest BCUT2D eigenvalue weighted by Crippen LogP contribution is -2.24. The molecule has 33 heavy (non-hydrogen) atoms. The highest BCUT2D eigenvalue weighted by Crippen LogP contribution is 2.33. The average molecular weight is 439 g/mol. The largest absolute Gasteiger partial charge is 0.339 e. The zero-order valence-electron chi connectivity index (χ0n) is 19.5. The van der Waals surface area contributed by atoms with E-state index in [4.69, 9.17) is 0 Å². The zero-order valence-corrected chi connectivity index (χ0v) is 19.5. The van der Waals surface area contributed by atoms with Crippen molar-refractivity contribution in [3.05, 3.63) is 78.5 Å². The van der Waals surface area contributed by atoms with Crippen LogP contribution in [0.3, 0.4) is 0 Å². The molecule has 0 spiro atoms. The molecule has 4 heterocycles. The maximum absolute atomic E-state index is 4.56. The number of nitrogens with one attached hydrogen (secondary N) is 1. The van der Waals surface area contributed by atoms with Crippen molar-refractivity contribution in [2.24, 2.45) is 15.8 Å². The number of hydrogen-bond donors (Lipinski definition) is 1. The molecule has 3 aromatic rings. The lowest BCUT2D eigenvalue weighted by atomic mass is 9.82. The number of fused-ring (bicyclic) bond motifs is 2. The summed E-state index contributed by atoms with van der Waals surface area (Å²) in [5, 5.41) is 4.58. The second-order valence-electron chi connectivity index (χ2n) is 9.90. The van der Waals surface area contributed by atoms with Gasteiger partial charge in [-0.05, 0) is 18.6 Å². The van der Waals surface area contributed by atoms with Crippen molar-refractivity contribution in [3.8, 4) is 0 Å². The third-order valence-electron chi connectivity index (χ3n) is 6.45. The maximum Gasteiger partial charge on any atom is 0.138 e. The summed E-state index contributed by atoms with van der Waals surface area (Å²) in [7, 11) is 0. The van der Waals surface area contributed by atoms with Gasteiger partial charge in [0.05, 0.1) is 23.1 Å². The molecular weight excluding hydrogens is 408 g/mol. The van der Waals surface area contributed by atoms with E-state index >= 15 is 0 Å². The first-order valence-electron chi connectivity index (χ1n) is 11.5. The van der Waals surface area contributed by atoms with Gasteiger partial charge < -0.3 is 5.32 Å². The Morgan fingerprint density at radius 2 is 1.88 bits per heavy atom. The Morgan fingerprint density at radius 1 is 1.00 bits per heavy atom. The molecule has 0 radical (unpaired) electrons. The molecule has 2 aliphatic heterocycles. The van der Waals surface area contributed by atoms with E-state index in [-0.39, 0.29) is 10.8 Å². The molecule has 0 bridgehead atoms. The number of anilines is 2. The number of pyridine rings is 1. The Morgan fingerprint density at radius 3 is 2.79 bits per heavy atom. The summed E-state index contributed by atoms with van der Waals surface area (Å²) in [4.78, 5) is 20.6. The fourth-order valence-corrected chi connectivity index (χ4v) is 4.30. The Labute approximate surface area is 195 Å². The quantitative estimate of drug-likeness (QED) is 0.521. The number of aliphatic imine (C=N–C) groups is 1. The van der Waals surface area contributed by atoms with Crippen molar-refractivity contribution < 1.29 is 0 Å². The summed E-state index contributed by atoms with van der Waals surface area (Å²) in [6, 6.07) is 10.2. The van der Waals surface area contributed by atoms with Crippen LogP contribution in [0.2, 0.25) is 0 Å². The standard InChI is InChI=1S/C27H30N6/c1-26(2)8-9-27(3,10-12-28-18-26)11-13-33-16-22-24(17-33)30-19-31-25(22)32-21-14-20-6-4-5-7-23(20)29-15-21/h4-10,12,14-15,18-19H,11,13,16-17H2,1-3H3,(H,30,31,32). The molecule has 6 heteroatoms. The van der Waals surface area contributed by atoms with E-state index in [2.05, 4.69) is 81.3 Å². The molecule has 1 atom stereocenters. The summed E-state index contributed by atoms with van der Waals surface area (Å²) in [5.74, 6) is 0.868. The number of nitrogens with zero attached hydrogens (tertiary/aromatic N) is 5. The molecule has 0 aliphatic carbocycles. The number of rotatable bonds is 5. The van der Waals surface area contributed by atoms with E-state index < -0.39 is 0 Å². The van der Waals surface area contributed by atoms with Crippen LogP contribution >= 0.6 is 0 Å². The van der Waals surface area contributed by atoms with Crippen LogP contribution in [0.15, 0.2) is 72.3 Å². The van der Waals surface area contributed by atoms with Gasteiger partial charge in [0, 0.05) is 53.8 Å². The van der Waals surface area contributed by atoms with Crippen LogP contribution in [0.4, 0.5) is 11.5 Å². The Balaban J connectivity index is 1.28. The minimum Gasteiger partial charge on any atom is -0.339 e. The van der Waals surface area contributed by atoms with Crippen LogP contribution < -0.4 is 5.32 Å². The molecule has 0 amide bonds. The van der Waals surface area contributed by atoms with Gasteiger partial charge >= 0.3 is 0 Å². The minimum atomic E-state index is -0.0241. The molecule has 168 valence electrons. The number of hydrogen-bond acceptors (Lipinski definition) is 6. The molecule has 0 fully saturated rings. The van der Waals surface area contributed by atoms with Gasteiger partial charge in [-0.1, -0.05) is 57.2 Å². The van der Waals surface area contributed by atoms with Gasteiger partial charge in [-0.2, -0.15) is 0 Å². The first kappa shape index (κ1) is 21.5. The van der Waals surface area contributed by atoms with E-state index in [0.717, 1.165) is 54.2 Å². The van der Waals surface area contributed by atoms with Crippen LogP contribution in [0.25, 0.3) is 10.9 Å². The summed E-state index contributed by atoms with van der Waals surface area (Å²) in [6.07, 6.45) is 15.3. The van der Waals surface area contributed by atoms with Gasteiger partial charge in [0.15, 0.2) is 0 Å². The Bertz CT molecular complexity index is 1260. The van der Waals surface area contributed by atoms with E-state index in [1.54, 1.807) is 6.33 Å². The van der Waals surface area contributed by atoms with Crippen molar-refractivity contribution in [2.75, 3.05) is 11.9 Å². The number of aromatic nitrogens is 3. The Kier molecular flexibility index (Phi) is 5.54. The third kappa shape index (κ3) is 4.86. The lowest BCUT2D eigenvalue weighted by molar-refractivity contribution is 0.253. The van der Waals surface area contributed by atoms with Crippen molar-refractivity contribution in [2.45, 2.75) is 40.3 Å². The molecule has 0 saturated heterocycles. The van der Waals surface area contributed by atoms with Crippen LogP contribution in [0, 0.1) is 10.8 Å². The number of para-hydroxylation sites is 1. The minimum absolute atomic E-state index is 0.0205. The highest BCUT2D eigenvalue weighted by atomic mass is 15.2. The molecule has 1 N–H and O–H groups in total. The monoisotopic (exact) mass is 438 g/mol. The first-order chi connectivity index (χ1) is 15.9. The van der Waals surface area contributed by atoms with Gasteiger partial charge in [0.25, 0.3) is 0 Å². The van der Waals surface area contributed by atoms with Crippen molar-refractivity contribution in [3.63, 3.8) is 0 Å². The molecule has 5 rings (SSSR count). The smallest absolute Gasteiger partial charge is 0.138 e. The SMILES string of the molecule is CC1(C)C=CC(C)(CCN2Cc3ncnc(Nc4cnc5ccccc5c4)c3C2)C=CN=C1. The van der Waals surface area contributed by atoms with Crippen LogP contribution in [-0.4, -0.2) is 32.6 Å². The highest BCUT2D eigenvalue weighted by Gasteiger charge is 2.27. The van der Waals surface area contributed by atoms with Crippen LogP contribution in [-0.2, 0) is 13.1 Å². The fraction of sp³-hybridized carbons (Fsp3) is 0.333. The van der Waals surface area contributed by atoms with Gasteiger partial charge in [-0.25, -0.2) is 9.97 Å². The van der Waals surface area contributed by atoms with Crippen molar-refractivity contribution in [1.29, 1.82) is 0 Å². The molecule has 6 nitrogen and oxygen atoms in total. The summed E-state index contributed by atoms with van der Waals surface area (Å²) in [5.41, 5.74) is 4.15. The molecular formula is C27H30N6. The van der Waals surface area contributed by atoms with Crippen LogP contribution in [0.1, 0.15) is 38.4 Å². The summed E-state index contributed by atoms with van der Waals surface area (Å²) < 4.78 is 0. The molecule has 1 aromatic carbocycles. The topological polar surface area (TPSA) is 66.3 Å². The van der Waals surface area contributed by atoms with Gasteiger partial charge in [-0.15, -0.1) is 0 Å². The normalized spacial score (nSPS) is 21.7. The molecule has 1 unspecified atom stereocenters. The van der Waals surface area contributed by atoms with E-state index in [1.165, 1.54) is 5.56 Å². The van der Waals surface area contributed by atoms with Crippen molar-refractivity contribution in [1.82, 2.24) is 19.9 Å². The van der Waals surface area contributed by atoms with Gasteiger partial charge in [0.1, 0.15) is 12.1 Å². The predicted molar refractivity (Wildman–Crippen MR) is 134 cm³/mol. The highest BCUT2D eigenvalue weighted by molar-refractivity contribution is 5.82. The fourth-order valence-electron chi connectivity index (χ4n) is 4.30. The first-order valence-corrected chi connectivity index (χ1v) is 11.5. The van der Waals surface area contributed by atoms with Crippen LogP contribution in [0.5, 0.6) is 0 Å². The second kappa shape index (κ2) is 8.52. The number of benzene rings is 1. The van der Waals surface area contributed by atoms with E-state index in [1.807, 2.05) is 36.8 Å². The van der Waals surface area contributed by atoms with E-state index in [9.17, 15) is 0 Å².